The van der Waals surface area contributed by atoms with E-state index < -0.39 is 10.0 Å². The van der Waals surface area contributed by atoms with E-state index in [1.807, 2.05) is 24.3 Å². The minimum absolute atomic E-state index is 0.0961. The van der Waals surface area contributed by atoms with E-state index in [2.05, 4.69) is 10.6 Å². The summed E-state index contributed by atoms with van der Waals surface area (Å²) in [6.45, 7) is 1.04. The summed E-state index contributed by atoms with van der Waals surface area (Å²) in [4.78, 5) is 11.9. The molecule has 0 unspecified atom stereocenters. The topological polar surface area (TPSA) is 111 Å². The number of benzene rings is 2. The molecule has 0 aliphatic carbocycles. The van der Waals surface area contributed by atoms with Crippen LogP contribution < -0.4 is 20.5 Å². The van der Waals surface area contributed by atoms with E-state index in [0.717, 1.165) is 29.7 Å². The smallest absolute Gasteiger partial charge is 0.314 e. The lowest BCUT2D eigenvalue weighted by Gasteiger charge is -2.10. The Morgan fingerprint density at radius 2 is 1.67 bits per heavy atom. The van der Waals surface area contributed by atoms with Crippen molar-refractivity contribution in [2.24, 2.45) is 5.14 Å². The number of aryl methyl sites for hydroxylation is 1. The summed E-state index contributed by atoms with van der Waals surface area (Å²) in [5.41, 5.74) is 2.03. The number of hydrogen-bond donors (Lipinski definition) is 3. The number of carbonyl (C=O) groups excluding carboxylic acids is 1. The lowest BCUT2D eigenvalue weighted by Crippen LogP contribution is -2.37. The maximum atomic E-state index is 11.8. The van der Waals surface area contributed by atoms with Gasteiger partial charge in [0.25, 0.3) is 0 Å². The molecule has 4 N–H and O–H groups in total. The molecule has 0 radical (unpaired) electrons. The van der Waals surface area contributed by atoms with Crippen molar-refractivity contribution in [1.82, 2.24) is 10.6 Å². The molecule has 0 saturated heterocycles. The van der Waals surface area contributed by atoms with Crippen molar-refractivity contribution in [2.75, 3.05) is 20.2 Å². The van der Waals surface area contributed by atoms with Crippen molar-refractivity contribution in [3.63, 3.8) is 0 Å². The monoisotopic (exact) mass is 391 g/mol. The SMILES string of the molecule is COc1ccccc1CCNC(=O)NCCCc1ccc(S(N)(=O)=O)cc1. The zero-order valence-corrected chi connectivity index (χ0v) is 16.1. The molecule has 2 rings (SSSR count). The van der Waals surface area contributed by atoms with E-state index in [0.29, 0.717) is 19.5 Å². The summed E-state index contributed by atoms with van der Waals surface area (Å²) >= 11 is 0. The van der Waals surface area contributed by atoms with Gasteiger partial charge >= 0.3 is 6.03 Å². The Kier molecular flexibility index (Phi) is 7.63. The molecule has 7 nitrogen and oxygen atoms in total. The van der Waals surface area contributed by atoms with Crippen molar-refractivity contribution in [1.29, 1.82) is 0 Å². The van der Waals surface area contributed by atoms with Crippen LogP contribution in [-0.4, -0.2) is 34.6 Å². The molecular weight excluding hydrogens is 366 g/mol. The highest BCUT2D eigenvalue weighted by atomic mass is 32.2. The zero-order valence-electron chi connectivity index (χ0n) is 15.3. The van der Waals surface area contributed by atoms with Gasteiger partial charge in [0, 0.05) is 13.1 Å². The number of urea groups is 1. The molecule has 0 bridgehead atoms. The summed E-state index contributed by atoms with van der Waals surface area (Å²) in [5.74, 6) is 0.813. The maximum Gasteiger partial charge on any atom is 0.314 e. The Morgan fingerprint density at radius 3 is 2.33 bits per heavy atom. The predicted octanol–water partition coefficient (Wildman–Crippen LogP) is 1.82. The summed E-state index contributed by atoms with van der Waals surface area (Å²) in [7, 11) is -2.04. The number of primary sulfonamides is 1. The molecule has 0 spiro atoms. The summed E-state index contributed by atoms with van der Waals surface area (Å²) in [6.07, 6.45) is 2.16. The fourth-order valence-corrected chi connectivity index (χ4v) is 3.14. The third kappa shape index (κ3) is 6.92. The van der Waals surface area contributed by atoms with Crippen molar-refractivity contribution in [3.05, 3.63) is 59.7 Å². The molecule has 0 aromatic heterocycles. The number of para-hydroxylation sites is 1. The van der Waals surface area contributed by atoms with E-state index in [4.69, 9.17) is 9.88 Å². The van der Waals surface area contributed by atoms with Gasteiger partial charge in [0.15, 0.2) is 0 Å². The van der Waals surface area contributed by atoms with Gasteiger partial charge in [-0.25, -0.2) is 18.4 Å². The highest BCUT2D eigenvalue weighted by molar-refractivity contribution is 7.89. The van der Waals surface area contributed by atoms with E-state index in [1.165, 1.54) is 12.1 Å². The fourth-order valence-electron chi connectivity index (χ4n) is 2.62. The second-order valence-corrected chi connectivity index (χ2v) is 7.60. The van der Waals surface area contributed by atoms with Crippen molar-refractivity contribution < 1.29 is 17.9 Å². The van der Waals surface area contributed by atoms with E-state index in [1.54, 1.807) is 19.2 Å². The van der Waals surface area contributed by atoms with Crippen LogP contribution in [0.2, 0.25) is 0 Å². The summed E-state index contributed by atoms with van der Waals surface area (Å²) in [5, 5.41) is 10.7. The number of amides is 2. The molecule has 146 valence electrons. The number of rotatable bonds is 9. The molecular formula is C19H25N3O4S. The molecule has 0 fully saturated rings. The van der Waals surface area contributed by atoms with Crippen LogP contribution in [0, 0.1) is 0 Å². The van der Waals surface area contributed by atoms with Gasteiger partial charge in [0.1, 0.15) is 5.75 Å². The molecule has 0 atom stereocenters. The van der Waals surface area contributed by atoms with E-state index in [9.17, 15) is 13.2 Å². The first-order valence-electron chi connectivity index (χ1n) is 8.65. The number of hydrogen-bond acceptors (Lipinski definition) is 4. The second-order valence-electron chi connectivity index (χ2n) is 6.04. The first kappa shape index (κ1) is 20.7. The zero-order chi connectivity index (χ0) is 19.7. The average molecular weight is 391 g/mol. The normalized spacial score (nSPS) is 11.0. The van der Waals surface area contributed by atoms with Gasteiger partial charge in [-0.1, -0.05) is 30.3 Å². The van der Waals surface area contributed by atoms with Crippen LogP contribution in [0.4, 0.5) is 4.79 Å². The molecule has 0 aliphatic heterocycles. The number of sulfonamides is 1. The average Bonchev–Trinajstić information content (AvgIpc) is 2.65. The molecule has 2 amide bonds. The van der Waals surface area contributed by atoms with Crippen LogP contribution in [0.15, 0.2) is 53.4 Å². The number of nitrogens with two attached hydrogens (primary N) is 1. The van der Waals surface area contributed by atoms with Crippen molar-refractivity contribution in [2.45, 2.75) is 24.2 Å². The molecule has 0 heterocycles. The van der Waals surface area contributed by atoms with Gasteiger partial charge in [-0.3, -0.25) is 0 Å². The number of carbonyl (C=O) groups is 1. The lowest BCUT2D eigenvalue weighted by atomic mass is 10.1. The molecule has 0 aliphatic rings. The van der Waals surface area contributed by atoms with Gasteiger partial charge in [-0.15, -0.1) is 0 Å². The van der Waals surface area contributed by atoms with Crippen molar-refractivity contribution in [3.8, 4) is 5.75 Å². The third-order valence-corrected chi connectivity index (χ3v) is 4.98. The maximum absolute atomic E-state index is 11.8. The van der Waals surface area contributed by atoms with E-state index >= 15 is 0 Å². The number of ether oxygens (including phenoxy) is 1. The van der Waals surface area contributed by atoms with E-state index in [-0.39, 0.29) is 10.9 Å². The largest absolute Gasteiger partial charge is 0.496 e. The standard InChI is InChI=1S/C19H25N3O4S/c1-26-18-7-3-2-6-16(18)12-14-22-19(23)21-13-4-5-15-8-10-17(11-9-15)27(20,24)25/h2-3,6-11H,4-5,12-14H2,1H3,(H2,20,24,25)(H2,21,22,23). The van der Waals surface area contributed by atoms with Gasteiger partial charge in [-0.05, 0) is 48.6 Å². The Labute approximate surface area is 160 Å². The Bertz CT molecular complexity index is 852. The third-order valence-electron chi connectivity index (χ3n) is 4.05. The second kappa shape index (κ2) is 9.94. The van der Waals surface area contributed by atoms with Gasteiger partial charge < -0.3 is 15.4 Å². The highest BCUT2D eigenvalue weighted by Crippen LogP contribution is 2.17. The first-order chi connectivity index (χ1) is 12.9. The molecule has 0 saturated carbocycles. The Hall–Kier alpha value is -2.58. The lowest BCUT2D eigenvalue weighted by molar-refractivity contribution is 0.241. The van der Waals surface area contributed by atoms with Crippen LogP contribution in [0.1, 0.15) is 17.5 Å². The van der Waals surface area contributed by atoms with Crippen LogP contribution in [-0.2, 0) is 22.9 Å². The van der Waals surface area contributed by atoms with Crippen LogP contribution in [0.3, 0.4) is 0 Å². The number of methoxy groups -OCH3 is 1. The van der Waals surface area contributed by atoms with Crippen LogP contribution >= 0.6 is 0 Å². The highest BCUT2D eigenvalue weighted by Gasteiger charge is 2.07. The first-order valence-corrected chi connectivity index (χ1v) is 10.2. The summed E-state index contributed by atoms with van der Waals surface area (Å²) < 4.78 is 27.7. The van der Waals surface area contributed by atoms with Gasteiger partial charge in [-0.2, -0.15) is 0 Å². The Morgan fingerprint density at radius 1 is 1.00 bits per heavy atom. The summed E-state index contributed by atoms with van der Waals surface area (Å²) in [6, 6.07) is 13.9. The minimum atomic E-state index is -3.66. The minimum Gasteiger partial charge on any atom is -0.496 e. The van der Waals surface area contributed by atoms with Crippen LogP contribution in [0.5, 0.6) is 5.75 Å². The molecule has 27 heavy (non-hydrogen) atoms. The Balaban J connectivity index is 1.65. The van der Waals surface area contributed by atoms with Crippen LogP contribution in [0.25, 0.3) is 0 Å². The molecule has 2 aromatic rings. The fraction of sp³-hybridized carbons (Fsp3) is 0.316. The van der Waals surface area contributed by atoms with Crippen molar-refractivity contribution >= 4 is 16.1 Å². The number of nitrogens with one attached hydrogen (secondary N) is 2. The molecule has 2 aromatic carbocycles. The van der Waals surface area contributed by atoms with Gasteiger partial charge in [0.2, 0.25) is 10.0 Å². The quantitative estimate of drug-likeness (QED) is 0.566. The predicted molar refractivity (Wildman–Crippen MR) is 104 cm³/mol. The molecule has 8 heteroatoms. The van der Waals surface area contributed by atoms with Gasteiger partial charge in [0.05, 0.1) is 12.0 Å².